The molecule has 1 unspecified atom stereocenters. The molecule has 0 saturated heterocycles. The van der Waals surface area contributed by atoms with Gasteiger partial charge < -0.3 is 4.74 Å². The van der Waals surface area contributed by atoms with Crippen LogP contribution in [0.3, 0.4) is 0 Å². The van der Waals surface area contributed by atoms with Crippen LogP contribution in [0.4, 0.5) is 0 Å². The number of aromatic nitrogens is 3. The van der Waals surface area contributed by atoms with Crippen molar-refractivity contribution in [1.29, 1.82) is 0 Å². The Balaban J connectivity index is 2.00. The normalized spacial score (nSPS) is 12.4. The van der Waals surface area contributed by atoms with E-state index >= 15 is 0 Å². The molecule has 1 atom stereocenters. The Labute approximate surface area is 99.4 Å². The summed E-state index contributed by atoms with van der Waals surface area (Å²) in [5.74, 6) is 6.31. The largest absolute Gasteiger partial charge is 0.491 e. The smallest absolute Gasteiger partial charge is 0.119 e. The monoisotopic (exact) mass is 233 g/mol. The Morgan fingerprint density at radius 1 is 1.41 bits per heavy atom. The summed E-state index contributed by atoms with van der Waals surface area (Å²) in [5.41, 5.74) is 3.57. The van der Waals surface area contributed by atoms with Crippen LogP contribution in [0.5, 0.6) is 5.75 Å². The molecule has 90 valence electrons. The lowest BCUT2D eigenvalue weighted by molar-refractivity contribution is 0.261. The summed E-state index contributed by atoms with van der Waals surface area (Å²) in [6.07, 6.45) is 1.67. The van der Waals surface area contributed by atoms with Gasteiger partial charge in [-0.1, -0.05) is 23.4 Å². The summed E-state index contributed by atoms with van der Waals surface area (Å²) in [7, 11) is 1.81. The molecule has 1 aromatic heterocycles. The molecular weight excluding hydrogens is 218 g/mol. The number of rotatable bonds is 5. The van der Waals surface area contributed by atoms with Crippen LogP contribution in [0.25, 0.3) is 0 Å². The summed E-state index contributed by atoms with van der Waals surface area (Å²) in [6.45, 7) is 0.418. The minimum absolute atomic E-state index is 0.143. The molecule has 0 aliphatic carbocycles. The van der Waals surface area contributed by atoms with E-state index in [9.17, 15) is 0 Å². The first kappa shape index (κ1) is 11.6. The topological polar surface area (TPSA) is 78.0 Å². The zero-order valence-electron chi connectivity index (χ0n) is 9.58. The van der Waals surface area contributed by atoms with E-state index in [-0.39, 0.29) is 6.04 Å². The van der Waals surface area contributed by atoms with E-state index in [2.05, 4.69) is 15.7 Å². The number of ether oxygens (including phenoxy) is 1. The van der Waals surface area contributed by atoms with Crippen LogP contribution in [0.2, 0.25) is 0 Å². The molecule has 0 amide bonds. The molecule has 0 radical (unpaired) electrons. The first-order chi connectivity index (χ1) is 8.31. The van der Waals surface area contributed by atoms with Crippen LogP contribution < -0.4 is 16.0 Å². The van der Waals surface area contributed by atoms with Gasteiger partial charge in [-0.2, -0.15) is 0 Å². The fourth-order valence-corrected chi connectivity index (χ4v) is 1.53. The summed E-state index contributed by atoms with van der Waals surface area (Å²) in [5, 5.41) is 7.66. The molecule has 2 aromatic rings. The standard InChI is InChI=1S/C11H15N5O/c1-16-11(7-13-15-16)10(14-12)8-17-9-5-3-2-4-6-9/h2-7,10,14H,8,12H2,1H3. The minimum Gasteiger partial charge on any atom is -0.491 e. The molecule has 0 fully saturated rings. The number of benzene rings is 1. The van der Waals surface area contributed by atoms with Crippen molar-refractivity contribution < 1.29 is 4.74 Å². The van der Waals surface area contributed by atoms with Crippen LogP contribution in [0, 0.1) is 0 Å². The number of hydrazine groups is 1. The van der Waals surface area contributed by atoms with E-state index in [4.69, 9.17) is 10.6 Å². The Morgan fingerprint density at radius 3 is 2.76 bits per heavy atom. The number of hydrogen-bond donors (Lipinski definition) is 2. The highest BCUT2D eigenvalue weighted by Gasteiger charge is 2.14. The van der Waals surface area contributed by atoms with E-state index in [1.807, 2.05) is 37.4 Å². The van der Waals surface area contributed by atoms with E-state index < -0.39 is 0 Å². The molecule has 2 rings (SSSR count). The predicted molar refractivity (Wildman–Crippen MR) is 63.0 cm³/mol. The van der Waals surface area contributed by atoms with Crippen molar-refractivity contribution in [3.63, 3.8) is 0 Å². The quantitative estimate of drug-likeness (QED) is 0.577. The van der Waals surface area contributed by atoms with Crippen molar-refractivity contribution >= 4 is 0 Å². The summed E-state index contributed by atoms with van der Waals surface area (Å²) in [4.78, 5) is 0. The van der Waals surface area contributed by atoms with Crippen LogP contribution in [0.1, 0.15) is 11.7 Å². The van der Waals surface area contributed by atoms with Gasteiger partial charge in [0, 0.05) is 7.05 Å². The van der Waals surface area contributed by atoms with Crippen molar-refractivity contribution in [1.82, 2.24) is 20.4 Å². The third kappa shape index (κ3) is 2.80. The van der Waals surface area contributed by atoms with Crippen molar-refractivity contribution in [2.75, 3.05) is 6.61 Å². The summed E-state index contributed by atoms with van der Waals surface area (Å²) in [6, 6.07) is 9.44. The molecule has 3 N–H and O–H groups in total. The van der Waals surface area contributed by atoms with Gasteiger partial charge in [0.1, 0.15) is 12.4 Å². The number of nitrogens with one attached hydrogen (secondary N) is 1. The second kappa shape index (κ2) is 5.42. The second-order valence-corrected chi connectivity index (χ2v) is 3.63. The molecule has 0 aliphatic heterocycles. The molecule has 6 heteroatoms. The fraction of sp³-hybridized carbons (Fsp3) is 0.273. The van der Waals surface area contributed by atoms with Crippen LogP contribution in [0.15, 0.2) is 36.5 Å². The van der Waals surface area contributed by atoms with E-state index in [0.29, 0.717) is 6.61 Å². The van der Waals surface area contributed by atoms with Gasteiger partial charge in [-0.05, 0) is 12.1 Å². The highest BCUT2D eigenvalue weighted by molar-refractivity contribution is 5.21. The van der Waals surface area contributed by atoms with Gasteiger partial charge in [0.05, 0.1) is 17.9 Å². The number of para-hydroxylation sites is 1. The highest BCUT2D eigenvalue weighted by atomic mass is 16.5. The Kier molecular flexibility index (Phi) is 3.69. The Bertz CT molecular complexity index is 456. The van der Waals surface area contributed by atoms with E-state index in [0.717, 1.165) is 11.4 Å². The first-order valence-corrected chi connectivity index (χ1v) is 5.30. The van der Waals surface area contributed by atoms with Gasteiger partial charge in [0.15, 0.2) is 0 Å². The SMILES string of the molecule is Cn1nncc1C(COc1ccccc1)NN. The highest BCUT2D eigenvalue weighted by Crippen LogP contribution is 2.14. The van der Waals surface area contributed by atoms with Crippen molar-refractivity contribution in [2.45, 2.75) is 6.04 Å². The summed E-state index contributed by atoms with van der Waals surface area (Å²) >= 11 is 0. The second-order valence-electron chi connectivity index (χ2n) is 3.63. The molecule has 0 saturated carbocycles. The van der Waals surface area contributed by atoms with Crippen molar-refractivity contribution in [3.05, 3.63) is 42.2 Å². The molecule has 1 heterocycles. The van der Waals surface area contributed by atoms with Gasteiger partial charge in [-0.25, -0.2) is 5.43 Å². The van der Waals surface area contributed by atoms with Crippen LogP contribution in [-0.2, 0) is 7.05 Å². The average Bonchev–Trinajstić information content (AvgIpc) is 2.78. The third-order valence-corrected chi connectivity index (χ3v) is 2.47. The lowest BCUT2D eigenvalue weighted by Crippen LogP contribution is -2.33. The first-order valence-electron chi connectivity index (χ1n) is 5.30. The van der Waals surface area contributed by atoms with Gasteiger partial charge in [-0.3, -0.25) is 10.5 Å². The number of nitrogens with zero attached hydrogens (tertiary/aromatic N) is 3. The third-order valence-electron chi connectivity index (χ3n) is 2.47. The number of hydrogen-bond acceptors (Lipinski definition) is 5. The molecule has 0 spiro atoms. The van der Waals surface area contributed by atoms with Crippen LogP contribution in [-0.4, -0.2) is 21.6 Å². The van der Waals surface area contributed by atoms with E-state index in [1.165, 1.54) is 0 Å². The predicted octanol–water partition coefficient (Wildman–Crippen LogP) is 0.399. The lowest BCUT2D eigenvalue weighted by atomic mass is 10.2. The van der Waals surface area contributed by atoms with Crippen LogP contribution >= 0.6 is 0 Å². The summed E-state index contributed by atoms with van der Waals surface area (Å²) < 4.78 is 7.29. The zero-order chi connectivity index (χ0) is 12.1. The molecular formula is C11H15N5O. The number of aryl methyl sites for hydroxylation is 1. The maximum atomic E-state index is 5.63. The molecule has 1 aromatic carbocycles. The number of nitrogens with two attached hydrogens (primary N) is 1. The maximum absolute atomic E-state index is 5.63. The maximum Gasteiger partial charge on any atom is 0.119 e. The van der Waals surface area contributed by atoms with Gasteiger partial charge >= 0.3 is 0 Å². The Hall–Kier alpha value is -1.92. The van der Waals surface area contributed by atoms with Crippen molar-refractivity contribution in [3.8, 4) is 5.75 Å². The Morgan fingerprint density at radius 2 is 2.18 bits per heavy atom. The molecule has 17 heavy (non-hydrogen) atoms. The van der Waals surface area contributed by atoms with Crippen molar-refractivity contribution in [2.24, 2.45) is 12.9 Å². The van der Waals surface area contributed by atoms with Gasteiger partial charge in [0.2, 0.25) is 0 Å². The lowest BCUT2D eigenvalue weighted by Gasteiger charge is -2.16. The van der Waals surface area contributed by atoms with Gasteiger partial charge in [0.25, 0.3) is 0 Å². The fourth-order valence-electron chi connectivity index (χ4n) is 1.53. The van der Waals surface area contributed by atoms with Gasteiger partial charge in [-0.15, -0.1) is 5.10 Å². The zero-order valence-corrected chi connectivity index (χ0v) is 9.58. The van der Waals surface area contributed by atoms with E-state index in [1.54, 1.807) is 10.9 Å². The minimum atomic E-state index is -0.143. The average molecular weight is 233 g/mol. The molecule has 6 nitrogen and oxygen atoms in total. The molecule has 0 aliphatic rings. The molecule has 0 bridgehead atoms.